The van der Waals surface area contributed by atoms with Crippen LogP contribution in [0.3, 0.4) is 0 Å². The highest BCUT2D eigenvalue weighted by molar-refractivity contribution is 7.48. The van der Waals surface area contributed by atoms with Crippen LogP contribution in [0.1, 0.15) is 46.5 Å². The largest absolute Gasteiger partial charge is 0.529 e. The van der Waals surface area contributed by atoms with Gasteiger partial charge in [-0.25, -0.2) is 4.57 Å². The topological polar surface area (TPSA) is 74.3 Å². The minimum atomic E-state index is -3.69. The number of rotatable bonds is 11. The zero-order chi connectivity index (χ0) is 17.8. The van der Waals surface area contributed by atoms with Gasteiger partial charge in [-0.1, -0.05) is 26.7 Å². The Morgan fingerprint density at radius 1 is 1.12 bits per heavy atom. The van der Waals surface area contributed by atoms with Gasteiger partial charge in [0, 0.05) is 19.2 Å². The van der Waals surface area contributed by atoms with Crippen molar-refractivity contribution in [3.8, 4) is 0 Å². The van der Waals surface area contributed by atoms with Gasteiger partial charge in [-0.3, -0.25) is 13.8 Å². The van der Waals surface area contributed by atoms with E-state index in [1.165, 1.54) is 6.08 Å². The van der Waals surface area contributed by atoms with E-state index in [0.717, 1.165) is 25.7 Å². The molecule has 0 aromatic rings. The van der Waals surface area contributed by atoms with E-state index in [9.17, 15) is 9.36 Å². The van der Waals surface area contributed by atoms with Crippen molar-refractivity contribution in [1.82, 2.24) is 4.90 Å². The first-order valence-corrected chi connectivity index (χ1v) is 10.1. The highest BCUT2D eigenvalue weighted by Gasteiger charge is 2.28. The van der Waals surface area contributed by atoms with Gasteiger partial charge < -0.3 is 14.2 Å². The smallest absolute Gasteiger partial charge is 0.409 e. The first-order valence-electron chi connectivity index (χ1n) is 8.64. The lowest BCUT2D eigenvalue weighted by Crippen LogP contribution is -2.39. The maximum atomic E-state index is 12.7. The van der Waals surface area contributed by atoms with E-state index in [2.05, 4.69) is 0 Å². The number of hydrogen-bond donors (Lipinski definition) is 0. The number of allylic oxidation sites excluding steroid dienone is 1. The molecule has 0 N–H and O–H groups in total. The quantitative estimate of drug-likeness (QED) is 0.242. The zero-order valence-electron chi connectivity index (χ0n) is 15.0. The predicted molar refractivity (Wildman–Crippen MR) is 91.6 cm³/mol. The summed E-state index contributed by atoms with van der Waals surface area (Å²) >= 11 is 0. The molecule has 24 heavy (non-hydrogen) atoms. The van der Waals surface area contributed by atoms with Crippen molar-refractivity contribution in [3.63, 3.8) is 0 Å². The summed E-state index contributed by atoms with van der Waals surface area (Å²) in [5.74, 6) is 0.0345. The first-order chi connectivity index (χ1) is 11.5. The number of morpholine rings is 1. The molecule has 7 nitrogen and oxygen atoms in total. The number of amides is 1. The number of carbonyl (C=O) groups is 1. The molecule has 1 heterocycles. The fraction of sp³-hybridized carbons (Fsp3) is 0.812. The SMILES string of the molecule is CCCCOP(=O)(OCCCC)O/C(C)=C/C(=O)N1CCOCC1. The number of nitrogens with zero attached hydrogens (tertiary/aromatic N) is 1. The minimum Gasteiger partial charge on any atom is -0.409 e. The summed E-state index contributed by atoms with van der Waals surface area (Å²) in [5.41, 5.74) is 0. The van der Waals surface area contributed by atoms with E-state index >= 15 is 0 Å². The molecule has 1 fully saturated rings. The van der Waals surface area contributed by atoms with Gasteiger partial charge in [0.15, 0.2) is 0 Å². The van der Waals surface area contributed by atoms with Crippen molar-refractivity contribution in [3.05, 3.63) is 11.8 Å². The molecule has 8 heteroatoms. The molecule has 0 atom stereocenters. The number of carbonyl (C=O) groups excluding carboxylic acids is 1. The lowest BCUT2D eigenvalue weighted by atomic mass is 10.3. The summed E-state index contributed by atoms with van der Waals surface area (Å²) in [6.07, 6.45) is 4.68. The van der Waals surface area contributed by atoms with E-state index < -0.39 is 7.82 Å². The van der Waals surface area contributed by atoms with Crippen molar-refractivity contribution in [2.24, 2.45) is 0 Å². The molecule has 0 bridgehead atoms. The zero-order valence-corrected chi connectivity index (χ0v) is 15.9. The highest BCUT2D eigenvalue weighted by Crippen LogP contribution is 2.51. The van der Waals surface area contributed by atoms with Gasteiger partial charge in [-0.2, -0.15) is 0 Å². The van der Waals surface area contributed by atoms with Gasteiger partial charge in [0.2, 0.25) is 5.91 Å². The summed E-state index contributed by atoms with van der Waals surface area (Å²) in [6, 6.07) is 0. The van der Waals surface area contributed by atoms with E-state index in [4.69, 9.17) is 18.3 Å². The molecule has 0 radical (unpaired) electrons. The van der Waals surface area contributed by atoms with E-state index in [1.807, 2.05) is 13.8 Å². The summed E-state index contributed by atoms with van der Waals surface area (Å²) in [4.78, 5) is 13.8. The van der Waals surface area contributed by atoms with Crippen LogP contribution in [-0.2, 0) is 27.7 Å². The monoisotopic (exact) mass is 363 g/mol. The summed E-state index contributed by atoms with van der Waals surface area (Å²) in [5, 5.41) is 0. The molecule has 0 saturated carbocycles. The van der Waals surface area contributed by atoms with Gasteiger partial charge in [0.05, 0.1) is 26.4 Å². The predicted octanol–water partition coefficient (Wildman–Crippen LogP) is 3.51. The van der Waals surface area contributed by atoms with E-state index in [1.54, 1.807) is 11.8 Å². The maximum Gasteiger partial charge on any atom is 0.529 e. The third-order valence-electron chi connectivity index (χ3n) is 3.40. The second kappa shape index (κ2) is 11.6. The fourth-order valence-corrected chi connectivity index (χ4v) is 3.27. The van der Waals surface area contributed by atoms with E-state index in [0.29, 0.717) is 39.5 Å². The number of ether oxygens (including phenoxy) is 1. The molecule has 0 aliphatic carbocycles. The highest BCUT2D eigenvalue weighted by atomic mass is 31.2. The second-order valence-corrected chi connectivity index (χ2v) is 7.20. The molecule has 1 rings (SSSR count). The number of unbranched alkanes of at least 4 members (excludes halogenated alkanes) is 2. The number of hydrogen-bond acceptors (Lipinski definition) is 6. The summed E-state index contributed by atoms with van der Waals surface area (Å²) in [7, 11) is -3.69. The molecule has 1 aliphatic rings. The van der Waals surface area contributed by atoms with Gasteiger partial charge >= 0.3 is 7.82 Å². The van der Waals surface area contributed by atoms with Crippen LogP contribution in [0.2, 0.25) is 0 Å². The van der Waals surface area contributed by atoms with Crippen LogP contribution in [0.15, 0.2) is 11.8 Å². The van der Waals surface area contributed by atoms with Crippen molar-refractivity contribution in [2.45, 2.75) is 46.5 Å². The summed E-state index contributed by atoms with van der Waals surface area (Å²) in [6.45, 7) is 8.34. The lowest BCUT2D eigenvalue weighted by molar-refractivity contribution is -0.130. The normalized spacial score (nSPS) is 16.3. The Labute approximate surface area is 144 Å². The minimum absolute atomic E-state index is 0.190. The number of phosphoric ester groups is 1. The van der Waals surface area contributed by atoms with Crippen molar-refractivity contribution in [1.29, 1.82) is 0 Å². The van der Waals surface area contributed by atoms with Crippen molar-refractivity contribution >= 4 is 13.7 Å². The average molecular weight is 363 g/mol. The van der Waals surface area contributed by atoms with Crippen LogP contribution >= 0.6 is 7.82 Å². The number of phosphoric acid groups is 1. The van der Waals surface area contributed by atoms with Crippen LogP contribution in [0.4, 0.5) is 0 Å². The first kappa shape index (κ1) is 21.2. The van der Waals surface area contributed by atoms with Crippen molar-refractivity contribution in [2.75, 3.05) is 39.5 Å². The Morgan fingerprint density at radius 3 is 2.17 bits per heavy atom. The van der Waals surface area contributed by atoms with Crippen LogP contribution in [0.5, 0.6) is 0 Å². The fourth-order valence-electron chi connectivity index (χ4n) is 1.98. The van der Waals surface area contributed by atoms with Gasteiger partial charge in [-0.15, -0.1) is 0 Å². The molecule has 1 saturated heterocycles. The van der Waals surface area contributed by atoms with Crippen LogP contribution in [0, 0.1) is 0 Å². The second-order valence-electron chi connectivity index (χ2n) is 5.60. The Bertz CT molecular complexity index is 434. The van der Waals surface area contributed by atoms with Gasteiger partial charge in [0.25, 0.3) is 0 Å². The standard InChI is InChI=1S/C16H30NO6P/c1-4-6-10-21-24(19,22-11-7-5-2)23-15(3)14-16(18)17-8-12-20-13-9-17/h14H,4-13H2,1-3H3/b15-14+. The van der Waals surface area contributed by atoms with Crippen molar-refractivity contribution < 1.29 is 27.7 Å². The van der Waals surface area contributed by atoms with Crippen LogP contribution < -0.4 is 0 Å². The van der Waals surface area contributed by atoms with Gasteiger partial charge in [-0.05, 0) is 19.8 Å². The molecule has 0 aromatic heterocycles. The Hall–Kier alpha value is -0.880. The molecule has 0 aromatic carbocycles. The molecular formula is C16H30NO6P. The van der Waals surface area contributed by atoms with Crippen LogP contribution in [-0.4, -0.2) is 50.3 Å². The average Bonchev–Trinajstić information content (AvgIpc) is 2.56. The molecular weight excluding hydrogens is 333 g/mol. The summed E-state index contributed by atoms with van der Waals surface area (Å²) < 4.78 is 34.0. The Morgan fingerprint density at radius 2 is 1.67 bits per heavy atom. The molecule has 140 valence electrons. The van der Waals surface area contributed by atoms with Gasteiger partial charge in [0.1, 0.15) is 5.76 Å². The lowest BCUT2D eigenvalue weighted by Gasteiger charge is -2.26. The van der Waals surface area contributed by atoms with E-state index in [-0.39, 0.29) is 11.7 Å². The molecule has 1 amide bonds. The molecule has 0 unspecified atom stereocenters. The molecule has 0 spiro atoms. The maximum absolute atomic E-state index is 12.7. The third-order valence-corrected chi connectivity index (χ3v) is 4.91. The Kier molecular flexibility index (Phi) is 10.3. The van der Waals surface area contributed by atoms with Crippen LogP contribution in [0.25, 0.3) is 0 Å². The third kappa shape index (κ3) is 8.29. The Balaban J connectivity index is 2.62. The molecule has 1 aliphatic heterocycles.